The van der Waals surface area contributed by atoms with E-state index in [9.17, 15) is 9.18 Å². The van der Waals surface area contributed by atoms with Gasteiger partial charge >= 0.3 is 0 Å². The van der Waals surface area contributed by atoms with Crippen LogP contribution in [0.1, 0.15) is 12.5 Å². The number of fused-ring (bicyclic) bond motifs is 1. The summed E-state index contributed by atoms with van der Waals surface area (Å²) in [5.74, 6) is -0.386. The van der Waals surface area contributed by atoms with Crippen LogP contribution < -0.4 is 5.32 Å². The Morgan fingerprint density at radius 1 is 1.14 bits per heavy atom. The number of amides is 1. The molecule has 1 amide bonds. The minimum absolute atomic E-state index is 0.0726. The van der Waals surface area contributed by atoms with E-state index in [-0.39, 0.29) is 17.0 Å². The lowest BCUT2D eigenvalue weighted by Gasteiger charge is -2.12. The van der Waals surface area contributed by atoms with Gasteiger partial charge in [-0.25, -0.2) is 19.0 Å². The second-order valence-corrected chi connectivity index (χ2v) is 7.74. The molecule has 4 aromatic rings. The van der Waals surface area contributed by atoms with E-state index in [1.807, 2.05) is 37.3 Å². The number of carbonyl (C=O) groups excluding carboxylic acids is 1. The Hall–Kier alpha value is -3.26. The van der Waals surface area contributed by atoms with Crippen molar-refractivity contribution in [3.05, 3.63) is 78.5 Å². The average Bonchev–Trinajstić information content (AvgIpc) is 3.18. The summed E-state index contributed by atoms with van der Waals surface area (Å²) in [6.07, 6.45) is 3.11. The summed E-state index contributed by atoms with van der Waals surface area (Å²) in [5, 5.41) is 8.38. The maximum Gasteiger partial charge on any atom is 0.233 e. The standard InChI is InChI=1S/C21H18FN5OS/c1-14(20(28)23-11-15-5-3-2-4-6-15)29-21-18-12-26-27(19(18)24-13-25-21)17-9-7-16(22)8-10-17/h2-10,12-14H,11H2,1H3,(H,23,28). The number of hydrogen-bond donors (Lipinski definition) is 1. The van der Waals surface area contributed by atoms with Gasteiger partial charge in [-0.2, -0.15) is 5.10 Å². The van der Waals surface area contributed by atoms with Crippen LogP contribution in [-0.2, 0) is 11.3 Å². The van der Waals surface area contributed by atoms with Crippen molar-refractivity contribution in [2.75, 3.05) is 0 Å². The summed E-state index contributed by atoms with van der Waals surface area (Å²) in [6, 6.07) is 15.8. The molecule has 1 unspecified atom stereocenters. The summed E-state index contributed by atoms with van der Waals surface area (Å²) in [4.78, 5) is 21.1. The topological polar surface area (TPSA) is 72.7 Å². The Bertz CT molecular complexity index is 1130. The third-order valence-corrected chi connectivity index (χ3v) is 5.48. The largest absolute Gasteiger partial charge is 0.351 e. The van der Waals surface area contributed by atoms with Gasteiger partial charge in [-0.15, -0.1) is 0 Å². The number of thioether (sulfide) groups is 1. The molecular weight excluding hydrogens is 389 g/mol. The number of nitrogens with one attached hydrogen (secondary N) is 1. The van der Waals surface area contributed by atoms with Crippen LogP contribution in [0.2, 0.25) is 0 Å². The highest BCUT2D eigenvalue weighted by molar-refractivity contribution is 8.00. The van der Waals surface area contributed by atoms with E-state index < -0.39 is 0 Å². The van der Waals surface area contributed by atoms with Crippen LogP contribution in [0.3, 0.4) is 0 Å². The zero-order valence-corrected chi connectivity index (χ0v) is 16.4. The van der Waals surface area contributed by atoms with Crippen molar-refractivity contribution >= 4 is 28.7 Å². The predicted molar refractivity (Wildman–Crippen MR) is 110 cm³/mol. The van der Waals surface area contributed by atoms with Gasteiger partial charge in [-0.05, 0) is 36.8 Å². The second kappa shape index (κ2) is 8.40. The fourth-order valence-electron chi connectivity index (χ4n) is 2.84. The van der Waals surface area contributed by atoms with Crippen LogP contribution in [0, 0.1) is 5.82 Å². The minimum atomic E-state index is -0.342. The molecule has 4 rings (SSSR count). The van der Waals surface area contributed by atoms with Crippen molar-refractivity contribution in [2.45, 2.75) is 23.7 Å². The molecule has 6 nitrogen and oxygen atoms in total. The van der Waals surface area contributed by atoms with E-state index in [2.05, 4.69) is 20.4 Å². The van der Waals surface area contributed by atoms with Crippen LogP contribution in [0.25, 0.3) is 16.7 Å². The van der Waals surface area contributed by atoms with Crippen LogP contribution in [0.5, 0.6) is 0 Å². The SMILES string of the molecule is CC(Sc1ncnc2c1cnn2-c1ccc(F)cc1)C(=O)NCc1ccccc1. The molecule has 1 atom stereocenters. The molecule has 146 valence electrons. The lowest BCUT2D eigenvalue weighted by Crippen LogP contribution is -2.30. The highest BCUT2D eigenvalue weighted by atomic mass is 32.2. The Morgan fingerprint density at radius 3 is 2.66 bits per heavy atom. The van der Waals surface area contributed by atoms with E-state index in [0.29, 0.717) is 22.9 Å². The molecule has 0 saturated carbocycles. The van der Waals surface area contributed by atoms with Gasteiger partial charge in [0.2, 0.25) is 5.91 Å². The molecule has 29 heavy (non-hydrogen) atoms. The smallest absolute Gasteiger partial charge is 0.233 e. The van der Waals surface area contributed by atoms with Gasteiger partial charge in [0, 0.05) is 6.54 Å². The maximum absolute atomic E-state index is 13.2. The Morgan fingerprint density at radius 2 is 1.90 bits per heavy atom. The summed E-state index contributed by atoms with van der Waals surface area (Å²) >= 11 is 1.35. The van der Waals surface area contributed by atoms with Gasteiger partial charge in [-0.3, -0.25) is 4.79 Å². The van der Waals surface area contributed by atoms with Crippen molar-refractivity contribution < 1.29 is 9.18 Å². The van der Waals surface area contributed by atoms with Crippen molar-refractivity contribution in [1.82, 2.24) is 25.1 Å². The molecule has 0 aliphatic carbocycles. The van der Waals surface area contributed by atoms with Crippen molar-refractivity contribution in [2.24, 2.45) is 0 Å². The molecule has 0 spiro atoms. The normalized spacial score (nSPS) is 12.1. The summed E-state index contributed by atoms with van der Waals surface area (Å²) in [7, 11) is 0. The number of carbonyl (C=O) groups is 1. The monoisotopic (exact) mass is 407 g/mol. The fourth-order valence-corrected chi connectivity index (χ4v) is 3.74. The molecule has 0 saturated heterocycles. The van der Waals surface area contributed by atoms with Crippen LogP contribution in [-0.4, -0.2) is 30.9 Å². The minimum Gasteiger partial charge on any atom is -0.351 e. The molecule has 0 radical (unpaired) electrons. The summed E-state index contributed by atoms with van der Waals surface area (Å²) in [6.45, 7) is 2.32. The third-order valence-electron chi connectivity index (χ3n) is 4.37. The average molecular weight is 407 g/mol. The van der Waals surface area contributed by atoms with Gasteiger partial charge in [0.15, 0.2) is 5.65 Å². The molecule has 0 aliphatic heterocycles. The molecule has 2 aromatic carbocycles. The summed E-state index contributed by atoms with van der Waals surface area (Å²) < 4.78 is 14.8. The van der Waals surface area contributed by atoms with Crippen molar-refractivity contribution in [3.8, 4) is 5.69 Å². The van der Waals surface area contributed by atoms with Gasteiger partial charge < -0.3 is 5.32 Å². The predicted octanol–water partition coefficient (Wildman–Crippen LogP) is 3.75. The molecule has 2 aromatic heterocycles. The van der Waals surface area contributed by atoms with E-state index in [0.717, 1.165) is 10.9 Å². The highest BCUT2D eigenvalue weighted by Gasteiger charge is 2.18. The first-order valence-electron chi connectivity index (χ1n) is 9.05. The Kier molecular flexibility index (Phi) is 5.53. The van der Waals surface area contributed by atoms with Crippen LogP contribution >= 0.6 is 11.8 Å². The molecule has 1 N–H and O–H groups in total. The molecule has 0 bridgehead atoms. The first-order chi connectivity index (χ1) is 14.1. The molecule has 0 fully saturated rings. The first kappa shape index (κ1) is 19.1. The third kappa shape index (κ3) is 4.27. The second-order valence-electron chi connectivity index (χ2n) is 6.41. The van der Waals surface area contributed by atoms with Crippen molar-refractivity contribution in [3.63, 3.8) is 0 Å². The number of aromatic nitrogens is 4. The zero-order chi connectivity index (χ0) is 20.2. The Balaban J connectivity index is 1.50. The zero-order valence-electron chi connectivity index (χ0n) is 15.6. The Labute approximate surface area is 171 Å². The van der Waals surface area contributed by atoms with E-state index in [1.165, 1.54) is 30.2 Å². The quantitative estimate of drug-likeness (QED) is 0.389. The fraction of sp³-hybridized carbons (Fsp3) is 0.143. The maximum atomic E-state index is 13.2. The molecular formula is C21H18FN5OS. The summed E-state index contributed by atoms with van der Waals surface area (Å²) in [5.41, 5.74) is 2.35. The lowest BCUT2D eigenvalue weighted by molar-refractivity contribution is -0.120. The van der Waals surface area contributed by atoms with Gasteiger partial charge in [0.05, 0.1) is 22.5 Å². The number of hydrogen-bond acceptors (Lipinski definition) is 5. The molecule has 8 heteroatoms. The number of halogens is 1. The van der Waals surface area contributed by atoms with Gasteiger partial charge in [-0.1, -0.05) is 42.1 Å². The van der Waals surface area contributed by atoms with Gasteiger partial charge in [0.25, 0.3) is 0 Å². The van der Waals surface area contributed by atoms with Crippen molar-refractivity contribution in [1.29, 1.82) is 0 Å². The van der Waals surface area contributed by atoms with E-state index in [1.54, 1.807) is 23.0 Å². The van der Waals surface area contributed by atoms with Crippen LogP contribution in [0.15, 0.2) is 72.1 Å². The number of benzene rings is 2. The van der Waals surface area contributed by atoms with E-state index >= 15 is 0 Å². The number of nitrogens with zero attached hydrogens (tertiary/aromatic N) is 4. The highest BCUT2D eigenvalue weighted by Crippen LogP contribution is 2.29. The van der Waals surface area contributed by atoms with E-state index in [4.69, 9.17) is 0 Å². The lowest BCUT2D eigenvalue weighted by atomic mass is 10.2. The molecule has 2 heterocycles. The number of rotatable bonds is 6. The first-order valence-corrected chi connectivity index (χ1v) is 9.93. The van der Waals surface area contributed by atoms with Gasteiger partial charge in [0.1, 0.15) is 17.2 Å². The van der Waals surface area contributed by atoms with Crippen LogP contribution in [0.4, 0.5) is 4.39 Å². The molecule has 0 aliphatic rings.